The molecule has 11 heteroatoms. The third-order valence-electron chi connectivity index (χ3n) is 6.16. The molecule has 35 heavy (non-hydrogen) atoms. The molecule has 0 spiro atoms. The number of hydrogen-bond acceptors (Lipinski definition) is 8. The zero-order valence-electron chi connectivity index (χ0n) is 19.6. The molecule has 1 aromatic carbocycles. The van der Waals surface area contributed by atoms with Gasteiger partial charge in [0.15, 0.2) is 11.5 Å². The Bertz CT molecular complexity index is 1280. The summed E-state index contributed by atoms with van der Waals surface area (Å²) in [6.45, 7) is 5.92. The number of carbonyl (C=O) groups is 2. The topological polar surface area (TPSA) is 129 Å². The van der Waals surface area contributed by atoms with Gasteiger partial charge >= 0.3 is 0 Å². The van der Waals surface area contributed by atoms with Gasteiger partial charge in [0, 0.05) is 13.1 Å². The van der Waals surface area contributed by atoms with Crippen molar-refractivity contribution in [3.8, 4) is 11.6 Å². The van der Waals surface area contributed by atoms with Crippen LogP contribution >= 0.6 is 11.3 Å². The predicted molar refractivity (Wildman–Crippen MR) is 127 cm³/mol. The third-order valence-corrected chi connectivity index (χ3v) is 7.22. The second-order valence-electron chi connectivity index (χ2n) is 8.71. The van der Waals surface area contributed by atoms with Crippen LogP contribution in [0.3, 0.4) is 0 Å². The molecule has 2 aromatic heterocycles. The molecule has 1 aliphatic rings. The number of piperidine rings is 1. The molecular formula is C24H26FN5O4S. The Labute approximate surface area is 205 Å². The van der Waals surface area contributed by atoms with Gasteiger partial charge in [-0.1, -0.05) is 12.1 Å². The van der Waals surface area contributed by atoms with Gasteiger partial charge in [-0.25, -0.2) is 14.4 Å². The lowest BCUT2D eigenvalue weighted by Crippen LogP contribution is -2.51. The number of benzene rings is 1. The monoisotopic (exact) mass is 499 g/mol. The number of halogens is 1. The Kier molecular flexibility index (Phi) is 6.70. The molecule has 9 nitrogen and oxygen atoms in total. The van der Waals surface area contributed by atoms with E-state index in [0.717, 1.165) is 17.8 Å². The molecule has 0 bridgehead atoms. The number of amides is 2. The number of likely N-dealkylation sites (tertiary alicyclic amines) is 1. The van der Waals surface area contributed by atoms with E-state index in [0.29, 0.717) is 29.1 Å². The van der Waals surface area contributed by atoms with E-state index in [1.54, 1.807) is 18.7 Å². The van der Waals surface area contributed by atoms with E-state index in [9.17, 15) is 24.2 Å². The normalized spacial score (nSPS) is 17.9. The molecule has 1 saturated heterocycles. The van der Waals surface area contributed by atoms with E-state index < -0.39 is 34.6 Å². The molecule has 1 fully saturated rings. The molecule has 0 aliphatic carbocycles. The molecule has 3 aromatic rings. The van der Waals surface area contributed by atoms with Gasteiger partial charge in [0.1, 0.15) is 16.2 Å². The molecule has 0 saturated carbocycles. The van der Waals surface area contributed by atoms with Crippen molar-refractivity contribution in [2.45, 2.75) is 52.1 Å². The summed E-state index contributed by atoms with van der Waals surface area (Å²) in [4.78, 5) is 41.2. The maximum absolute atomic E-state index is 13.5. The van der Waals surface area contributed by atoms with Crippen LogP contribution in [0.1, 0.15) is 68.4 Å². The summed E-state index contributed by atoms with van der Waals surface area (Å²) in [7, 11) is 0. The third kappa shape index (κ3) is 4.81. The van der Waals surface area contributed by atoms with Crippen LogP contribution in [0.25, 0.3) is 0 Å². The number of thiazole rings is 1. The van der Waals surface area contributed by atoms with Crippen molar-refractivity contribution in [1.29, 1.82) is 0 Å². The van der Waals surface area contributed by atoms with Crippen molar-refractivity contribution >= 4 is 23.2 Å². The number of rotatable bonds is 5. The number of nitrogens with zero attached hydrogens (tertiary/aromatic N) is 4. The zero-order valence-corrected chi connectivity index (χ0v) is 20.4. The van der Waals surface area contributed by atoms with Crippen molar-refractivity contribution in [3.63, 3.8) is 0 Å². The summed E-state index contributed by atoms with van der Waals surface area (Å²) >= 11 is 1.31. The Balaban J connectivity index is 1.65. The first kappa shape index (κ1) is 24.5. The first-order chi connectivity index (χ1) is 16.6. The van der Waals surface area contributed by atoms with Crippen LogP contribution in [0.4, 0.5) is 4.39 Å². The fourth-order valence-corrected chi connectivity index (χ4v) is 5.11. The van der Waals surface area contributed by atoms with Crippen molar-refractivity contribution < 1.29 is 24.2 Å². The van der Waals surface area contributed by atoms with Crippen LogP contribution in [-0.2, 0) is 12.1 Å². The molecule has 0 radical (unpaired) electrons. The molecule has 3 heterocycles. The minimum atomic E-state index is -1.02. The van der Waals surface area contributed by atoms with Gasteiger partial charge in [0.05, 0.1) is 10.7 Å². The Morgan fingerprint density at radius 2 is 1.86 bits per heavy atom. The van der Waals surface area contributed by atoms with Gasteiger partial charge in [0.25, 0.3) is 17.7 Å². The molecule has 1 aliphatic heterocycles. The Morgan fingerprint density at radius 1 is 1.14 bits per heavy atom. The highest BCUT2D eigenvalue weighted by molar-refractivity contribution is 7.13. The van der Waals surface area contributed by atoms with Crippen molar-refractivity contribution in [3.05, 3.63) is 62.7 Å². The highest BCUT2D eigenvalue weighted by Gasteiger charge is 2.43. The van der Waals surface area contributed by atoms with E-state index in [2.05, 4.69) is 20.3 Å². The van der Waals surface area contributed by atoms with E-state index in [1.165, 1.54) is 35.6 Å². The van der Waals surface area contributed by atoms with Crippen molar-refractivity contribution in [2.24, 2.45) is 0 Å². The number of hydrogen-bond donors (Lipinski definition) is 3. The summed E-state index contributed by atoms with van der Waals surface area (Å²) in [5, 5.41) is 24.1. The lowest BCUT2D eigenvalue weighted by Gasteiger charge is -2.43. The molecule has 1 atom stereocenters. The average Bonchev–Trinajstić information content (AvgIpc) is 3.17. The van der Waals surface area contributed by atoms with Gasteiger partial charge < -0.3 is 20.4 Å². The van der Waals surface area contributed by atoms with Crippen molar-refractivity contribution in [2.75, 3.05) is 6.54 Å². The average molecular weight is 500 g/mol. The lowest BCUT2D eigenvalue weighted by atomic mass is 9.87. The van der Waals surface area contributed by atoms with Gasteiger partial charge in [-0.05, 0) is 57.7 Å². The number of nitrogens with one attached hydrogen (secondary N) is 1. The van der Waals surface area contributed by atoms with Gasteiger partial charge in [0.2, 0.25) is 5.75 Å². The predicted octanol–water partition coefficient (Wildman–Crippen LogP) is 3.57. The van der Waals surface area contributed by atoms with Crippen LogP contribution < -0.4 is 5.32 Å². The number of carbonyl (C=O) groups excluding carboxylic acids is 2. The maximum Gasteiger partial charge on any atom is 0.274 e. The smallest absolute Gasteiger partial charge is 0.274 e. The van der Waals surface area contributed by atoms with Gasteiger partial charge in [-0.2, -0.15) is 4.98 Å². The fourth-order valence-electron chi connectivity index (χ4n) is 4.24. The van der Waals surface area contributed by atoms with Crippen LogP contribution in [0.2, 0.25) is 0 Å². The van der Waals surface area contributed by atoms with E-state index in [1.807, 2.05) is 6.92 Å². The quantitative estimate of drug-likeness (QED) is 0.489. The molecule has 1 unspecified atom stereocenters. The molecule has 2 amide bonds. The van der Waals surface area contributed by atoms with Gasteiger partial charge in [-0.15, -0.1) is 11.3 Å². The zero-order chi connectivity index (χ0) is 25.3. The first-order valence-corrected chi connectivity index (χ1v) is 12.0. The SMILES string of the molecule is Cc1nc(C)c(C(=O)N2CCCCC2(C)c2nc(O)c(O)c(C(=O)NCc3ccc(F)cc3)n2)s1. The standard InChI is InChI=1S/C24H26FN5O4S/c1-13-19(35-14(2)27-13)22(34)30-11-5-4-10-24(30,3)23-28-17(18(31)21(33)29-23)20(32)26-12-15-6-8-16(25)9-7-15/h6-9,31H,4-5,10-12H2,1-3H3,(H,26,32)(H,28,29,33). The summed E-state index contributed by atoms with van der Waals surface area (Å²) in [6, 6.07) is 5.59. The van der Waals surface area contributed by atoms with Gasteiger partial charge in [-0.3, -0.25) is 9.59 Å². The number of aromatic hydroxyl groups is 2. The summed E-state index contributed by atoms with van der Waals surface area (Å²) in [6.07, 6.45) is 2.09. The number of aromatic nitrogens is 3. The van der Waals surface area contributed by atoms with Crippen LogP contribution in [-0.4, -0.2) is 48.4 Å². The highest BCUT2D eigenvalue weighted by Crippen LogP contribution is 2.39. The Morgan fingerprint density at radius 3 is 2.51 bits per heavy atom. The summed E-state index contributed by atoms with van der Waals surface area (Å²) in [5.74, 6) is -2.79. The molecule has 184 valence electrons. The highest BCUT2D eigenvalue weighted by atomic mass is 32.1. The second-order valence-corrected chi connectivity index (χ2v) is 9.92. The first-order valence-electron chi connectivity index (χ1n) is 11.2. The van der Waals surface area contributed by atoms with Crippen LogP contribution in [0, 0.1) is 19.7 Å². The summed E-state index contributed by atoms with van der Waals surface area (Å²) in [5.41, 5.74) is -0.139. The van der Waals surface area contributed by atoms with E-state index >= 15 is 0 Å². The second kappa shape index (κ2) is 9.57. The molecule has 3 N–H and O–H groups in total. The minimum absolute atomic E-state index is 0.0601. The van der Waals surface area contributed by atoms with E-state index in [-0.39, 0.29) is 18.3 Å². The van der Waals surface area contributed by atoms with Crippen molar-refractivity contribution in [1.82, 2.24) is 25.2 Å². The maximum atomic E-state index is 13.5. The largest absolute Gasteiger partial charge is 0.501 e. The van der Waals surface area contributed by atoms with Crippen LogP contribution in [0.15, 0.2) is 24.3 Å². The summed E-state index contributed by atoms with van der Waals surface area (Å²) < 4.78 is 13.1. The van der Waals surface area contributed by atoms with E-state index in [4.69, 9.17) is 0 Å². The number of aryl methyl sites for hydroxylation is 2. The van der Waals surface area contributed by atoms with Crippen LogP contribution in [0.5, 0.6) is 11.6 Å². The Hall–Kier alpha value is -3.60. The lowest BCUT2D eigenvalue weighted by molar-refractivity contribution is 0.0333. The minimum Gasteiger partial charge on any atom is -0.501 e. The molecule has 4 rings (SSSR count). The molecular weight excluding hydrogens is 473 g/mol. The fraction of sp³-hybridized carbons (Fsp3) is 0.375.